The van der Waals surface area contributed by atoms with Gasteiger partial charge in [-0.1, -0.05) is 60.7 Å². The summed E-state index contributed by atoms with van der Waals surface area (Å²) in [6, 6.07) is 18.9. The predicted octanol–water partition coefficient (Wildman–Crippen LogP) is 2.51. The average Bonchev–Trinajstić information content (AvgIpc) is 3.32. The van der Waals surface area contributed by atoms with E-state index in [2.05, 4.69) is 74.9 Å². The topological polar surface area (TPSA) is 109 Å². The molecule has 2 heterocycles. The largest absolute Gasteiger partial charge is 0.395 e. The van der Waals surface area contributed by atoms with Crippen LogP contribution in [0.4, 0.5) is 0 Å². The molecule has 1 amide bonds. The number of allylic oxidation sites excluding steroid dienone is 3. The molecule has 1 aliphatic carbocycles. The predicted molar refractivity (Wildman–Crippen MR) is 144 cm³/mol. The second-order valence-electron chi connectivity index (χ2n) is 10.1. The zero-order valence-corrected chi connectivity index (χ0v) is 21.2. The van der Waals surface area contributed by atoms with Crippen LogP contribution in [-0.4, -0.2) is 69.5 Å². The molecule has 0 radical (unpaired) electrons. The van der Waals surface area contributed by atoms with Crippen LogP contribution in [0.25, 0.3) is 11.3 Å². The molecule has 0 spiro atoms. The molecule has 0 saturated carbocycles. The van der Waals surface area contributed by atoms with Crippen molar-refractivity contribution in [1.82, 2.24) is 25.0 Å². The van der Waals surface area contributed by atoms with Gasteiger partial charge in [0.05, 0.1) is 12.3 Å². The van der Waals surface area contributed by atoms with E-state index in [1.54, 1.807) is 11.6 Å². The second kappa shape index (κ2) is 10.8. The van der Waals surface area contributed by atoms with Gasteiger partial charge in [0.25, 0.3) is 5.91 Å². The number of benzene rings is 2. The first-order chi connectivity index (χ1) is 17.9. The maximum Gasteiger partial charge on any atom is 0.288 e. The molecule has 1 saturated heterocycles. The molecule has 2 atom stereocenters. The maximum atomic E-state index is 11.5. The third kappa shape index (κ3) is 5.72. The molecule has 1 aromatic heterocycles. The number of carbonyl (C=O) groups is 1. The van der Waals surface area contributed by atoms with Crippen molar-refractivity contribution in [2.24, 2.45) is 11.1 Å². The number of nitrogens with one attached hydrogen (secondary N) is 1. The first kappa shape index (κ1) is 25.1. The number of hydrogen-bond acceptors (Lipinski definition) is 6. The fraction of sp³-hybridized carbons (Fsp3) is 0.345. The lowest BCUT2D eigenvalue weighted by Crippen LogP contribution is -2.54. The third-order valence-corrected chi connectivity index (χ3v) is 7.28. The number of primary amides is 1. The van der Waals surface area contributed by atoms with Crippen LogP contribution in [0.15, 0.2) is 72.8 Å². The van der Waals surface area contributed by atoms with E-state index in [-0.39, 0.29) is 23.9 Å². The summed E-state index contributed by atoms with van der Waals surface area (Å²) in [4.78, 5) is 18.1. The molecule has 8 heteroatoms. The lowest BCUT2D eigenvalue weighted by Gasteiger charge is -2.41. The van der Waals surface area contributed by atoms with Crippen LogP contribution in [0.3, 0.4) is 0 Å². The minimum absolute atomic E-state index is 0.0195. The van der Waals surface area contributed by atoms with Gasteiger partial charge in [-0.15, -0.1) is 5.10 Å². The molecule has 1 fully saturated rings. The Bertz CT molecular complexity index is 1300. The van der Waals surface area contributed by atoms with Crippen molar-refractivity contribution in [3.05, 3.63) is 95.6 Å². The Morgan fingerprint density at radius 3 is 2.62 bits per heavy atom. The zero-order chi connectivity index (χ0) is 25.8. The lowest BCUT2D eigenvalue weighted by atomic mass is 9.74. The van der Waals surface area contributed by atoms with Crippen molar-refractivity contribution in [3.63, 3.8) is 0 Å². The number of amides is 1. The number of carbonyl (C=O) groups excluding carboxylic acids is 1. The molecule has 0 bridgehead atoms. The molecular weight excluding hydrogens is 464 g/mol. The Kier molecular flexibility index (Phi) is 7.32. The summed E-state index contributed by atoms with van der Waals surface area (Å²) in [7, 11) is 0. The monoisotopic (exact) mass is 498 g/mol. The van der Waals surface area contributed by atoms with Crippen LogP contribution in [0.5, 0.6) is 0 Å². The molecule has 4 N–H and O–H groups in total. The van der Waals surface area contributed by atoms with Crippen molar-refractivity contribution in [1.29, 1.82) is 0 Å². The number of nitrogens with two attached hydrogens (primary N) is 1. The van der Waals surface area contributed by atoms with Gasteiger partial charge >= 0.3 is 0 Å². The fourth-order valence-corrected chi connectivity index (χ4v) is 5.37. The van der Waals surface area contributed by atoms with Crippen molar-refractivity contribution in [2.45, 2.75) is 25.8 Å². The number of hydrogen-bond donors (Lipinski definition) is 3. The van der Waals surface area contributed by atoms with Crippen molar-refractivity contribution in [3.8, 4) is 5.69 Å². The second-order valence-corrected chi connectivity index (χ2v) is 10.1. The fourth-order valence-electron chi connectivity index (χ4n) is 5.37. The molecule has 192 valence electrons. The number of rotatable bonds is 8. The first-order valence-electron chi connectivity index (χ1n) is 12.8. The van der Waals surface area contributed by atoms with Gasteiger partial charge < -0.3 is 16.2 Å². The highest BCUT2D eigenvalue weighted by molar-refractivity contribution is 5.88. The highest BCUT2D eigenvalue weighted by atomic mass is 16.3. The number of nitrogens with zero attached hydrogens (tertiary/aromatic N) is 4. The standard InChI is InChI=1S/C29H34N6O2/c1-21-32-28(27(30)37)33-35(21)26-9-7-22(8-10-26)17-29(20-34-16-15-31-25(18-34)19-36)13-11-24(12-14-29)23-5-3-2-4-6-23/h2-13,25,31,36H,14-20H2,1H3,(H2,30,37)/t25?,29-/m0/s1. The maximum absolute atomic E-state index is 11.5. The van der Waals surface area contributed by atoms with Crippen molar-refractivity contribution >= 4 is 11.5 Å². The minimum atomic E-state index is -0.635. The van der Waals surface area contributed by atoms with E-state index in [9.17, 15) is 9.90 Å². The highest BCUT2D eigenvalue weighted by Crippen LogP contribution is 2.37. The van der Waals surface area contributed by atoms with Gasteiger partial charge in [0.15, 0.2) is 0 Å². The Hall–Kier alpha value is -3.59. The molecule has 8 nitrogen and oxygen atoms in total. The molecule has 2 aromatic carbocycles. The van der Waals surface area contributed by atoms with Crippen LogP contribution >= 0.6 is 0 Å². The molecule has 5 rings (SSSR count). The number of aliphatic hydroxyl groups is 1. The molecule has 1 unspecified atom stereocenters. The van der Waals surface area contributed by atoms with E-state index in [4.69, 9.17) is 5.73 Å². The van der Waals surface area contributed by atoms with E-state index < -0.39 is 5.91 Å². The van der Waals surface area contributed by atoms with Gasteiger partial charge in [-0.25, -0.2) is 9.67 Å². The summed E-state index contributed by atoms with van der Waals surface area (Å²) >= 11 is 0. The Morgan fingerprint density at radius 2 is 1.97 bits per heavy atom. The number of piperazine rings is 1. The summed E-state index contributed by atoms with van der Waals surface area (Å²) < 4.78 is 1.64. The van der Waals surface area contributed by atoms with Gasteiger partial charge in [0.2, 0.25) is 5.82 Å². The van der Waals surface area contributed by atoms with E-state index in [1.165, 1.54) is 16.7 Å². The molecule has 2 aliphatic rings. The van der Waals surface area contributed by atoms with Gasteiger partial charge in [0.1, 0.15) is 5.82 Å². The van der Waals surface area contributed by atoms with E-state index in [0.29, 0.717) is 5.82 Å². The van der Waals surface area contributed by atoms with Crippen molar-refractivity contribution in [2.75, 3.05) is 32.8 Å². The van der Waals surface area contributed by atoms with Gasteiger partial charge in [-0.05, 0) is 48.6 Å². The zero-order valence-electron chi connectivity index (χ0n) is 21.2. The van der Waals surface area contributed by atoms with E-state index in [1.807, 2.05) is 18.2 Å². The molecule has 1 aliphatic heterocycles. The quantitative estimate of drug-likeness (QED) is 0.440. The normalized spacial score (nSPS) is 22.1. The summed E-state index contributed by atoms with van der Waals surface area (Å²) in [5.41, 5.74) is 9.85. The van der Waals surface area contributed by atoms with Gasteiger partial charge in [-0.2, -0.15) is 0 Å². The summed E-state index contributed by atoms with van der Waals surface area (Å²) in [6.45, 7) is 5.57. The SMILES string of the molecule is Cc1nc(C(N)=O)nn1-c1ccc(C[C@]2(CN3CCNC(CO)C3)C=CC(c3ccccc3)=CC2)cc1. The Morgan fingerprint density at radius 1 is 1.19 bits per heavy atom. The van der Waals surface area contributed by atoms with Crippen LogP contribution in [0.2, 0.25) is 0 Å². The van der Waals surface area contributed by atoms with Gasteiger partial charge in [-0.3, -0.25) is 9.69 Å². The van der Waals surface area contributed by atoms with Crippen LogP contribution < -0.4 is 11.1 Å². The smallest absolute Gasteiger partial charge is 0.288 e. The highest BCUT2D eigenvalue weighted by Gasteiger charge is 2.33. The third-order valence-electron chi connectivity index (χ3n) is 7.28. The summed E-state index contributed by atoms with van der Waals surface area (Å²) in [5.74, 6) is -0.00110. The van der Waals surface area contributed by atoms with Crippen LogP contribution in [-0.2, 0) is 6.42 Å². The number of aromatic nitrogens is 3. The Balaban J connectivity index is 1.38. The molecule has 3 aromatic rings. The van der Waals surface area contributed by atoms with E-state index in [0.717, 1.165) is 44.7 Å². The molecular formula is C29H34N6O2. The van der Waals surface area contributed by atoms with Crippen molar-refractivity contribution < 1.29 is 9.90 Å². The average molecular weight is 499 g/mol. The van der Waals surface area contributed by atoms with Gasteiger partial charge in [0, 0.05) is 37.6 Å². The number of aliphatic hydroxyl groups excluding tert-OH is 1. The lowest BCUT2D eigenvalue weighted by molar-refractivity contribution is 0.0990. The Labute approximate surface area is 217 Å². The minimum Gasteiger partial charge on any atom is -0.395 e. The van der Waals surface area contributed by atoms with E-state index >= 15 is 0 Å². The first-order valence-corrected chi connectivity index (χ1v) is 12.8. The van der Waals surface area contributed by atoms with Crippen LogP contribution in [0.1, 0.15) is 34.0 Å². The summed E-state index contributed by atoms with van der Waals surface area (Å²) in [6.07, 6.45) is 8.84. The van der Waals surface area contributed by atoms with Crippen LogP contribution in [0, 0.1) is 12.3 Å². The number of aryl methyl sites for hydroxylation is 1. The summed E-state index contributed by atoms with van der Waals surface area (Å²) in [5, 5.41) is 17.3. The molecule has 37 heavy (non-hydrogen) atoms.